The summed E-state index contributed by atoms with van der Waals surface area (Å²) in [7, 11) is -2.31. The molecule has 2 aromatic rings. The largest absolute Gasteiger partial charge is 0.447 e. The summed E-state index contributed by atoms with van der Waals surface area (Å²) in [6.07, 6.45) is -0.736. The van der Waals surface area contributed by atoms with Crippen LogP contribution in [0.15, 0.2) is 60.7 Å². The number of nitrogens with zero attached hydrogens (tertiary/aromatic N) is 1. The Bertz CT molecular complexity index is 1040. The van der Waals surface area contributed by atoms with Gasteiger partial charge in [0.05, 0.1) is 24.2 Å². The predicted molar refractivity (Wildman–Crippen MR) is 158 cm³/mol. The van der Waals surface area contributed by atoms with Crippen molar-refractivity contribution in [2.24, 2.45) is 5.92 Å². The summed E-state index contributed by atoms with van der Waals surface area (Å²) in [6.45, 7) is 15.3. The van der Waals surface area contributed by atoms with Gasteiger partial charge in [-0.3, -0.25) is 4.79 Å². The van der Waals surface area contributed by atoms with Gasteiger partial charge in [-0.1, -0.05) is 102 Å². The van der Waals surface area contributed by atoms with Gasteiger partial charge in [-0.05, 0) is 53.9 Å². The third-order valence-corrected chi connectivity index (χ3v) is 14.6. The molecule has 4 atom stereocenters. The molecule has 1 aliphatic heterocycles. The zero-order valence-electron chi connectivity index (χ0n) is 24.7. The Hall–Kier alpha value is -2.48. The molecule has 0 radical (unpaired) electrons. The molecule has 1 heterocycles. The lowest BCUT2D eigenvalue weighted by molar-refractivity contribution is -0.140. The number of ether oxygens (including phenoxy) is 1. The fourth-order valence-electron chi connectivity index (χ4n) is 6.48. The number of hydrogen-bond donors (Lipinski definition) is 1. The Labute approximate surface area is 235 Å². The number of carbonyl (C=O) groups is 2. The quantitative estimate of drug-likeness (QED) is 0.277. The third kappa shape index (κ3) is 7.19. The highest BCUT2D eigenvalue weighted by Gasteiger charge is 2.49. The van der Waals surface area contributed by atoms with Gasteiger partial charge in [0.15, 0.2) is 0 Å². The van der Waals surface area contributed by atoms with Crippen molar-refractivity contribution in [2.45, 2.75) is 103 Å². The van der Waals surface area contributed by atoms with Crippen LogP contribution in [0, 0.1) is 5.92 Å². The predicted octanol–water partition coefficient (Wildman–Crippen LogP) is 6.77. The number of benzene rings is 2. The van der Waals surface area contributed by atoms with E-state index in [1.165, 1.54) is 4.90 Å². The summed E-state index contributed by atoms with van der Waals surface area (Å²) in [5.41, 5.74) is 3.13. The van der Waals surface area contributed by atoms with Crippen LogP contribution in [0.25, 0.3) is 0 Å². The third-order valence-electron chi connectivity index (χ3n) is 8.41. The van der Waals surface area contributed by atoms with E-state index in [4.69, 9.17) is 9.16 Å². The zero-order chi connectivity index (χ0) is 28.7. The molecule has 1 N–H and O–H groups in total. The lowest BCUT2D eigenvalue weighted by Gasteiger charge is -2.45. The number of carbonyl (C=O) groups excluding carboxylic acids is 2. The fraction of sp³-hybridized carbons (Fsp3) is 0.562. The first-order chi connectivity index (χ1) is 18.5. The van der Waals surface area contributed by atoms with Crippen LogP contribution >= 0.6 is 0 Å². The maximum atomic E-state index is 14.1. The van der Waals surface area contributed by atoms with Crippen LogP contribution < -0.4 is 0 Å². The Morgan fingerprint density at radius 1 is 0.923 bits per heavy atom. The minimum Gasteiger partial charge on any atom is -0.447 e. The van der Waals surface area contributed by atoms with Crippen LogP contribution in [0.1, 0.15) is 66.0 Å². The Morgan fingerprint density at radius 3 is 1.95 bits per heavy atom. The lowest BCUT2D eigenvalue weighted by atomic mass is 9.90. The molecule has 1 saturated heterocycles. The van der Waals surface area contributed by atoms with Crippen LogP contribution in [0.5, 0.6) is 0 Å². The normalized spacial score (nSPS) is 18.5. The number of cyclic esters (lactones) is 1. The second-order valence-electron chi connectivity index (χ2n) is 11.9. The summed E-state index contributed by atoms with van der Waals surface area (Å²) in [5.74, 6) is -1.19. The molecule has 2 aromatic carbocycles. The highest BCUT2D eigenvalue weighted by atomic mass is 28.4. The van der Waals surface area contributed by atoms with Crippen molar-refractivity contribution >= 4 is 20.3 Å². The molecule has 1 unspecified atom stereocenters. The molecule has 7 heteroatoms. The number of rotatable bonds is 13. The van der Waals surface area contributed by atoms with Crippen molar-refractivity contribution in [1.82, 2.24) is 4.90 Å². The van der Waals surface area contributed by atoms with Gasteiger partial charge in [-0.25, -0.2) is 9.69 Å². The van der Waals surface area contributed by atoms with Crippen LogP contribution in [0.4, 0.5) is 4.79 Å². The van der Waals surface area contributed by atoms with Crippen molar-refractivity contribution in [2.75, 3.05) is 6.61 Å². The molecule has 1 aliphatic rings. The lowest BCUT2D eigenvalue weighted by Crippen LogP contribution is -2.54. The monoisotopic (exact) mass is 553 g/mol. The van der Waals surface area contributed by atoms with E-state index < -0.39 is 38.6 Å². The highest BCUT2D eigenvalue weighted by molar-refractivity contribution is 6.77. The molecule has 1 fully saturated rings. The fourth-order valence-corrected chi connectivity index (χ4v) is 12.1. The molecule has 39 heavy (non-hydrogen) atoms. The summed E-state index contributed by atoms with van der Waals surface area (Å²) in [6, 6.07) is 19.3. The first-order valence-electron chi connectivity index (χ1n) is 14.4. The molecule has 2 amide bonds. The maximum absolute atomic E-state index is 14.1. The van der Waals surface area contributed by atoms with E-state index in [2.05, 4.69) is 41.5 Å². The number of hydrogen-bond acceptors (Lipinski definition) is 5. The van der Waals surface area contributed by atoms with Crippen molar-refractivity contribution in [3.05, 3.63) is 71.8 Å². The molecule has 0 saturated carbocycles. The average molecular weight is 554 g/mol. The minimum absolute atomic E-state index is 0.150. The van der Waals surface area contributed by atoms with Crippen LogP contribution in [-0.4, -0.2) is 55.2 Å². The van der Waals surface area contributed by atoms with E-state index in [9.17, 15) is 14.7 Å². The smallest absolute Gasteiger partial charge is 0.416 e. The van der Waals surface area contributed by atoms with E-state index >= 15 is 0 Å². The molecule has 0 bridgehead atoms. The first-order valence-corrected chi connectivity index (χ1v) is 16.6. The molecule has 214 valence electrons. The first kappa shape index (κ1) is 31.0. The Kier molecular flexibility index (Phi) is 10.9. The van der Waals surface area contributed by atoms with Gasteiger partial charge < -0.3 is 14.3 Å². The van der Waals surface area contributed by atoms with Crippen molar-refractivity contribution in [3.8, 4) is 0 Å². The average Bonchev–Trinajstić information content (AvgIpc) is 3.26. The van der Waals surface area contributed by atoms with Gasteiger partial charge in [-0.15, -0.1) is 0 Å². The summed E-state index contributed by atoms with van der Waals surface area (Å²) >= 11 is 0. The number of aliphatic hydroxyl groups excluding tert-OH is 1. The molecule has 6 nitrogen and oxygen atoms in total. The maximum Gasteiger partial charge on any atom is 0.416 e. The van der Waals surface area contributed by atoms with Gasteiger partial charge in [0.1, 0.15) is 6.61 Å². The van der Waals surface area contributed by atoms with Gasteiger partial charge in [0, 0.05) is 0 Å². The van der Waals surface area contributed by atoms with Gasteiger partial charge in [0.2, 0.25) is 14.2 Å². The summed E-state index contributed by atoms with van der Waals surface area (Å²) < 4.78 is 12.2. The minimum atomic E-state index is -2.31. The van der Waals surface area contributed by atoms with E-state index in [1.807, 2.05) is 67.6 Å². The number of aryl methyl sites for hydroxylation is 1. The Morgan fingerprint density at radius 2 is 1.44 bits per heavy atom. The number of amides is 2. The number of aliphatic hydroxyl groups is 1. The summed E-state index contributed by atoms with van der Waals surface area (Å²) in [5, 5.41) is 11.8. The second kappa shape index (κ2) is 13.7. The Balaban J connectivity index is 1.89. The second-order valence-corrected chi connectivity index (χ2v) is 17.3. The standard InChI is InChI=1S/C32H47NO5Si/c1-22(2)39(23(3)4,24(5)6)38-25(7)30(34)29(19-18-26-14-10-8-11-15-26)31(35)33-28(21-37-32(33)36)20-27-16-12-9-13-17-27/h8-17,22-25,28-30,34H,18-21H2,1-7H3/t25-,28?,29+,30-/m0/s1. The van der Waals surface area contributed by atoms with Crippen LogP contribution in [-0.2, 0) is 26.8 Å². The molecule has 0 spiro atoms. The SMILES string of the molecule is CC(C)[Si](O[C@@H](C)[C@H](O)[C@@H](CCc1ccccc1)C(=O)N1C(=O)OCC1Cc1ccccc1)(C(C)C)C(C)C. The van der Waals surface area contributed by atoms with Crippen molar-refractivity contribution < 1.29 is 23.9 Å². The van der Waals surface area contributed by atoms with Crippen LogP contribution in [0.2, 0.25) is 16.6 Å². The number of imide groups is 1. The van der Waals surface area contributed by atoms with Crippen LogP contribution in [0.3, 0.4) is 0 Å². The van der Waals surface area contributed by atoms with Gasteiger partial charge in [-0.2, -0.15) is 0 Å². The summed E-state index contributed by atoms with van der Waals surface area (Å²) in [4.78, 5) is 28.2. The van der Waals surface area contributed by atoms with E-state index in [0.29, 0.717) is 35.9 Å². The molecule has 0 aromatic heterocycles. The van der Waals surface area contributed by atoms with Crippen molar-refractivity contribution in [1.29, 1.82) is 0 Å². The molecular formula is C32H47NO5Si. The van der Waals surface area contributed by atoms with E-state index in [1.54, 1.807) is 0 Å². The topological polar surface area (TPSA) is 76.1 Å². The van der Waals surface area contributed by atoms with E-state index in [0.717, 1.165) is 11.1 Å². The van der Waals surface area contributed by atoms with Crippen molar-refractivity contribution in [3.63, 3.8) is 0 Å². The highest BCUT2D eigenvalue weighted by Crippen LogP contribution is 2.43. The molecule has 3 rings (SSSR count). The molecular weight excluding hydrogens is 506 g/mol. The molecule has 0 aliphatic carbocycles. The van der Waals surface area contributed by atoms with Gasteiger partial charge in [0.25, 0.3) is 0 Å². The zero-order valence-corrected chi connectivity index (χ0v) is 25.7. The van der Waals surface area contributed by atoms with Gasteiger partial charge >= 0.3 is 6.09 Å². The van der Waals surface area contributed by atoms with E-state index in [-0.39, 0.29) is 12.5 Å².